The summed E-state index contributed by atoms with van der Waals surface area (Å²) >= 11 is 0. The average molecular weight is 491 g/mol. The van der Waals surface area contributed by atoms with Gasteiger partial charge in [0.1, 0.15) is 6.61 Å². The minimum Gasteiger partial charge on any atom is -0.447 e. The monoisotopic (exact) mass is 490 g/mol. The molecule has 36 heavy (non-hydrogen) atoms. The van der Waals surface area contributed by atoms with Gasteiger partial charge < -0.3 is 19.5 Å². The Balaban J connectivity index is 1.05. The number of nitrogens with one attached hydrogen (secondary N) is 1. The predicted molar refractivity (Wildman–Crippen MR) is 135 cm³/mol. The van der Waals surface area contributed by atoms with Crippen LogP contribution in [-0.2, 0) is 11.2 Å². The van der Waals surface area contributed by atoms with E-state index in [4.69, 9.17) is 9.26 Å². The van der Waals surface area contributed by atoms with E-state index in [9.17, 15) is 9.59 Å². The van der Waals surface area contributed by atoms with Gasteiger partial charge in [-0.05, 0) is 38.1 Å². The quantitative estimate of drug-likeness (QED) is 0.537. The number of aromatic nitrogens is 2. The molecule has 2 saturated heterocycles. The Morgan fingerprint density at radius 1 is 1.06 bits per heavy atom. The molecule has 0 unspecified atom stereocenters. The molecule has 10 heteroatoms. The maximum Gasteiger partial charge on any atom is 0.414 e. The third-order valence-corrected chi connectivity index (χ3v) is 6.47. The van der Waals surface area contributed by atoms with Gasteiger partial charge in [0.25, 0.3) is 0 Å². The lowest BCUT2D eigenvalue weighted by molar-refractivity contribution is 0.146. The van der Waals surface area contributed by atoms with Crippen LogP contribution >= 0.6 is 0 Å². The van der Waals surface area contributed by atoms with Crippen molar-refractivity contribution in [2.24, 2.45) is 0 Å². The molecule has 2 aliphatic rings. The second kappa shape index (κ2) is 10.8. The fourth-order valence-corrected chi connectivity index (χ4v) is 4.39. The lowest BCUT2D eigenvalue weighted by atomic mass is 10.1. The molecule has 3 amide bonds. The van der Waals surface area contributed by atoms with Gasteiger partial charge in [-0.2, -0.15) is 4.98 Å². The van der Waals surface area contributed by atoms with Gasteiger partial charge in [-0.1, -0.05) is 41.1 Å². The first-order valence-corrected chi connectivity index (χ1v) is 12.3. The van der Waals surface area contributed by atoms with Crippen molar-refractivity contribution >= 4 is 23.5 Å². The molecule has 3 aromatic rings. The Bertz CT molecular complexity index is 1200. The number of carbonyl (C=O) groups excluding carboxylic acids is 2. The summed E-state index contributed by atoms with van der Waals surface area (Å²) in [7, 11) is 0. The highest BCUT2D eigenvalue weighted by atomic mass is 16.6. The topological polar surface area (TPSA) is 104 Å². The summed E-state index contributed by atoms with van der Waals surface area (Å²) in [5.41, 5.74) is 3.52. The van der Waals surface area contributed by atoms with Crippen LogP contribution in [0, 0.1) is 6.92 Å². The molecule has 188 valence electrons. The number of nitrogens with zero attached hydrogens (tertiary/aromatic N) is 5. The molecular weight excluding hydrogens is 460 g/mol. The van der Waals surface area contributed by atoms with Gasteiger partial charge in [0.15, 0.2) is 0 Å². The van der Waals surface area contributed by atoms with Crippen molar-refractivity contribution in [1.29, 1.82) is 0 Å². The van der Waals surface area contributed by atoms with Crippen LogP contribution < -0.4 is 10.2 Å². The Morgan fingerprint density at radius 3 is 2.61 bits per heavy atom. The molecule has 2 fully saturated rings. The van der Waals surface area contributed by atoms with E-state index in [0.717, 1.165) is 38.0 Å². The van der Waals surface area contributed by atoms with E-state index in [0.29, 0.717) is 49.3 Å². The van der Waals surface area contributed by atoms with Gasteiger partial charge in [-0.25, -0.2) is 9.59 Å². The number of carbonyl (C=O) groups is 2. The number of amides is 3. The molecule has 0 bridgehead atoms. The van der Waals surface area contributed by atoms with Crippen LogP contribution in [0.3, 0.4) is 0 Å². The Labute approximate surface area is 209 Å². The number of cyclic esters (lactones) is 1. The second-order valence-corrected chi connectivity index (χ2v) is 9.06. The third kappa shape index (κ3) is 5.65. The van der Waals surface area contributed by atoms with E-state index >= 15 is 0 Å². The Kier molecular flexibility index (Phi) is 7.13. The maximum absolute atomic E-state index is 12.8. The summed E-state index contributed by atoms with van der Waals surface area (Å²) in [4.78, 5) is 34.8. The molecule has 2 aliphatic heterocycles. The van der Waals surface area contributed by atoms with Crippen LogP contribution in [0.5, 0.6) is 0 Å². The van der Waals surface area contributed by atoms with Crippen LogP contribution in [0.4, 0.5) is 21.0 Å². The highest BCUT2D eigenvalue weighted by molar-refractivity contribution is 5.93. The standard InChI is InChI=1S/C26H30N6O4/c1-19-7-9-20(10-8-19)24-28-23(36-29-24)6-3-11-30-12-14-31(15-13-30)25(33)27-21-4-2-5-22(18-21)32-16-17-35-26(32)34/h2,4-5,7-10,18H,3,6,11-17H2,1H3,(H,27,33). The molecule has 0 atom stereocenters. The van der Waals surface area contributed by atoms with E-state index in [2.05, 4.69) is 20.4 Å². The number of benzene rings is 2. The highest BCUT2D eigenvalue weighted by Gasteiger charge is 2.25. The average Bonchev–Trinajstić information content (AvgIpc) is 3.54. The summed E-state index contributed by atoms with van der Waals surface area (Å²) in [5.74, 6) is 1.27. The summed E-state index contributed by atoms with van der Waals surface area (Å²) < 4.78 is 10.4. The summed E-state index contributed by atoms with van der Waals surface area (Å²) in [6.45, 7) is 6.78. The number of hydrogen-bond acceptors (Lipinski definition) is 7. The van der Waals surface area contributed by atoms with E-state index in [1.165, 1.54) is 5.56 Å². The number of hydrogen-bond donors (Lipinski definition) is 1. The van der Waals surface area contributed by atoms with Gasteiger partial charge in [0.05, 0.1) is 6.54 Å². The SMILES string of the molecule is Cc1ccc(-c2noc(CCCN3CCN(C(=O)Nc4cccc(N5CCOC5=O)c4)CC3)n2)cc1. The first-order valence-electron chi connectivity index (χ1n) is 12.3. The zero-order valence-corrected chi connectivity index (χ0v) is 20.4. The first kappa shape index (κ1) is 23.8. The van der Waals surface area contributed by atoms with Crippen molar-refractivity contribution in [1.82, 2.24) is 19.9 Å². The maximum atomic E-state index is 12.8. The second-order valence-electron chi connectivity index (χ2n) is 9.06. The minimum absolute atomic E-state index is 0.134. The van der Waals surface area contributed by atoms with Crippen molar-refractivity contribution in [2.45, 2.75) is 19.8 Å². The molecule has 5 rings (SSSR count). The van der Waals surface area contributed by atoms with Crippen molar-refractivity contribution in [3.05, 3.63) is 60.0 Å². The molecule has 3 heterocycles. The number of urea groups is 1. The summed E-state index contributed by atoms with van der Waals surface area (Å²) in [6, 6.07) is 15.2. The summed E-state index contributed by atoms with van der Waals surface area (Å²) in [5, 5.41) is 7.05. The lowest BCUT2D eigenvalue weighted by Crippen LogP contribution is -2.50. The third-order valence-electron chi connectivity index (χ3n) is 6.47. The van der Waals surface area contributed by atoms with Crippen LogP contribution in [0.2, 0.25) is 0 Å². The van der Waals surface area contributed by atoms with Gasteiger partial charge in [0, 0.05) is 49.5 Å². The number of aryl methyl sites for hydroxylation is 2. The van der Waals surface area contributed by atoms with E-state index in [1.807, 2.05) is 54.3 Å². The van der Waals surface area contributed by atoms with Crippen molar-refractivity contribution in [2.75, 3.05) is 56.1 Å². The van der Waals surface area contributed by atoms with E-state index in [1.54, 1.807) is 11.0 Å². The smallest absolute Gasteiger partial charge is 0.414 e. The fraction of sp³-hybridized carbons (Fsp3) is 0.385. The Hall–Kier alpha value is -3.92. The molecule has 0 spiro atoms. The lowest BCUT2D eigenvalue weighted by Gasteiger charge is -2.34. The van der Waals surface area contributed by atoms with E-state index < -0.39 is 0 Å². The van der Waals surface area contributed by atoms with Gasteiger partial charge in [-0.15, -0.1) is 0 Å². The van der Waals surface area contributed by atoms with Crippen LogP contribution in [0.1, 0.15) is 17.9 Å². The zero-order chi connectivity index (χ0) is 24.9. The largest absolute Gasteiger partial charge is 0.447 e. The fourth-order valence-electron chi connectivity index (χ4n) is 4.39. The molecule has 0 radical (unpaired) electrons. The van der Waals surface area contributed by atoms with Gasteiger partial charge >= 0.3 is 12.1 Å². The van der Waals surface area contributed by atoms with Crippen LogP contribution in [0.25, 0.3) is 11.4 Å². The summed E-state index contributed by atoms with van der Waals surface area (Å²) in [6.07, 6.45) is 1.27. The highest BCUT2D eigenvalue weighted by Crippen LogP contribution is 2.23. The molecular formula is C26H30N6O4. The number of piperazine rings is 1. The molecule has 0 aliphatic carbocycles. The van der Waals surface area contributed by atoms with Gasteiger partial charge in [0.2, 0.25) is 11.7 Å². The molecule has 1 N–H and O–H groups in total. The van der Waals surface area contributed by atoms with Crippen LogP contribution in [-0.4, -0.2) is 77.9 Å². The minimum atomic E-state index is -0.361. The van der Waals surface area contributed by atoms with Crippen molar-refractivity contribution in [3.63, 3.8) is 0 Å². The van der Waals surface area contributed by atoms with Crippen molar-refractivity contribution < 1.29 is 18.8 Å². The van der Waals surface area contributed by atoms with Crippen molar-refractivity contribution in [3.8, 4) is 11.4 Å². The molecule has 1 aromatic heterocycles. The normalized spacial score (nSPS) is 16.3. The number of anilines is 2. The molecule has 10 nitrogen and oxygen atoms in total. The predicted octanol–water partition coefficient (Wildman–Crippen LogP) is 3.78. The zero-order valence-electron chi connectivity index (χ0n) is 20.4. The number of rotatable bonds is 7. The van der Waals surface area contributed by atoms with Crippen LogP contribution in [0.15, 0.2) is 53.1 Å². The number of ether oxygens (including phenoxy) is 1. The van der Waals surface area contributed by atoms with Gasteiger partial charge in [-0.3, -0.25) is 9.80 Å². The Morgan fingerprint density at radius 2 is 1.86 bits per heavy atom. The molecule has 2 aromatic carbocycles. The van der Waals surface area contributed by atoms with E-state index in [-0.39, 0.29) is 12.1 Å². The first-order chi connectivity index (χ1) is 17.5. The molecule has 0 saturated carbocycles.